The molecule has 0 aliphatic heterocycles. The second-order valence-corrected chi connectivity index (χ2v) is 4.79. The predicted octanol–water partition coefficient (Wildman–Crippen LogP) is 2.25. The number of imidazole rings is 1. The number of hydrogen-bond acceptors (Lipinski definition) is 2. The van der Waals surface area contributed by atoms with E-state index < -0.39 is 18.3 Å². The van der Waals surface area contributed by atoms with Gasteiger partial charge in [0.15, 0.2) is 0 Å². The molecule has 106 valence electrons. The molecule has 0 amide bonds. The summed E-state index contributed by atoms with van der Waals surface area (Å²) in [6, 6.07) is 0. The maximum atomic E-state index is 11.5. The molecule has 0 radical (unpaired) electrons. The number of aromatic nitrogens is 2. The van der Waals surface area contributed by atoms with Crippen LogP contribution in [0.3, 0.4) is 0 Å². The Bertz CT molecular complexity index is 413. The number of carbonyl (C=O) groups excluding carboxylic acids is 1. The molecule has 1 rings (SSSR count). The number of unbranched alkanes of at least 4 members (excludes halogenated alkanes) is 5. The summed E-state index contributed by atoms with van der Waals surface area (Å²) in [6.07, 6.45) is 12.0. The summed E-state index contributed by atoms with van der Waals surface area (Å²) < 4.78 is 3.27. The van der Waals surface area contributed by atoms with E-state index in [4.69, 9.17) is 5.11 Å². The molecule has 0 aliphatic rings. The zero-order valence-electron chi connectivity index (χ0n) is 11.5. The fraction of sp³-hybridized carbons (Fsp3) is 0.643. The number of aliphatic carboxylic acids is 1. The number of carboxylic acid groups (broad SMARTS) is 1. The fourth-order valence-electron chi connectivity index (χ4n) is 1.97. The summed E-state index contributed by atoms with van der Waals surface area (Å²) in [5.41, 5.74) is 0. The lowest BCUT2D eigenvalue weighted by atomic mass is 10.1. The number of hydrogen-bond donors (Lipinski definition) is 1. The summed E-state index contributed by atoms with van der Waals surface area (Å²) >= 11 is 0. The standard InChI is InChI=1S/C14H22N2O3/c1-2-3-4-5-6-7-8-15-9-10-16(12-15)13(17)11-14(18)19/h9-10,12H,2-8,11H2,1H3/p+1. The second-order valence-electron chi connectivity index (χ2n) is 4.79. The van der Waals surface area contributed by atoms with Crippen LogP contribution in [-0.2, 0) is 11.3 Å². The van der Waals surface area contributed by atoms with Crippen molar-refractivity contribution in [2.45, 2.75) is 58.4 Å². The van der Waals surface area contributed by atoms with E-state index in [0.29, 0.717) is 0 Å². The zero-order chi connectivity index (χ0) is 14.1. The first-order valence-electron chi connectivity index (χ1n) is 6.95. The highest BCUT2D eigenvalue weighted by Crippen LogP contribution is 2.04. The van der Waals surface area contributed by atoms with E-state index in [1.54, 1.807) is 12.5 Å². The topological polar surface area (TPSA) is 63.2 Å². The molecule has 0 saturated carbocycles. The van der Waals surface area contributed by atoms with E-state index in [1.807, 2.05) is 10.8 Å². The van der Waals surface area contributed by atoms with Crippen LogP contribution in [0, 0.1) is 0 Å². The monoisotopic (exact) mass is 267 g/mol. The Hall–Kier alpha value is -1.65. The molecule has 0 bridgehead atoms. The molecule has 1 N–H and O–H groups in total. The van der Waals surface area contributed by atoms with Crippen molar-refractivity contribution < 1.29 is 19.3 Å². The Labute approximate surface area is 113 Å². The maximum Gasteiger partial charge on any atom is 0.325 e. The van der Waals surface area contributed by atoms with Crippen LogP contribution in [0.5, 0.6) is 0 Å². The van der Waals surface area contributed by atoms with Crippen molar-refractivity contribution >= 4 is 11.9 Å². The molecule has 0 spiro atoms. The molecule has 5 nitrogen and oxygen atoms in total. The number of carbonyl (C=O) groups is 2. The predicted molar refractivity (Wildman–Crippen MR) is 70.9 cm³/mol. The van der Waals surface area contributed by atoms with Gasteiger partial charge in [0.1, 0.15) is 18.8 Å². The van der Waals surface area contributed by atoms with Crippen LogP contribution in [0.2, 0.25) is 0 Å². The van der Waals surface area contributed by atoms with Gasteiger partial charge in [0.25, 0.3) is 6.33 Å². The van der Waals surface area contributed by atoms with E-state index in [2.05, 4.69) is 6.92 Å². The molecule has 0 saturated heterocycles. The minimum absolute atomic E-state index is 0.408. The van der Waals surface area contributed by atoms with Gasteiger partial charge in [-0.2, -0.15) is 4.57 Å². The van der Waals surface area contributed by atoms with Gasteiger partial charge < -0.3 is 5.11 Å². The van der Waals surface area contributed by atoms with Crippen molar-refractivity contribution in [3.63, 3.8) is 0 Å². The number of carboxylic acids is 1. The molecule has 0 unspecified atom stereocenters. The molecular weight excluding hydrogens is 244 g/mol. The molecule has 0 atom stereocenters. The Balaban J connectivity index is 2.27. The summed E-state index contributed by atoms with van der Waals surface area (Å²) in [7, 11) is 0. The normalized spacial score (nSPS) is 10.6. The van der Waals surface area contributed by atoms with Crippen LogP contribution < -0.4 is 4.57 Å². The summed E-state index contributed by atoms with van der Waals surface area (Å²) in [6.45, 7) is 3.08. The van der Waals surface area contributed by atoms with Gasteiger partial charge >= 0.3 is 11.9 Å². The van der Waals surface area contributed by atoms with Gasteiger partial charge in [-0.25, -0.2) is 9.36 Å². The lowest BCUT2D eigenvalue weighted by Crippen LogP contribution is -2.31. The molecular formula is C14H23N2O3+. The van der Waals surface area contributed by atoms with Crippen LogP contribution in [0.25, 0.3) is 0 Å². The lowest BCUT2D eigenvalue weighted by Gasteiger charge is -1.98. The zero-order valence-corrected chi connectivity index (χ0v) is 11.5. The third kappa shape index (κ3) is 6.18. The molecule has 1 aromatic heterocycles. The van der Waals surface area contributed by atoms with Gasteiger partial charge in [-0.1, -0.05) is 32.6 Å². The Morgan fingerprint density at radius 3 is 2.53 bits per heavy atom. The van der Waals surface area contributed by atoms with Gasteiger partial charge in [0, 0.05) is 0 Å². The van der Waals surface area contributed by atoms with E-state index >= 15 is 0 Å². The minimum atomic E-state index is -1.10. The fourth-order valence-corrected chi connectivity index (χ4v) is 1.97. The average Bonchev–Trinajstić information content (AvgIpc) is 2.81. The third-order valence-electron chi connectivity index (χ3n) is 3.05. The van der Waals surface area contributed by atoms with Gasteiger partial charge in [0.2, 0.25) is 0 Å². The van der Waals surface area contributed by atoms with Crippen LogP contribution in [0.4, 0.5) is 0 Å². The number of aryl methyl sites for hydroxylation is 1. The van der Waals surface area contributed by atoms with Gasteiger partial charge in [-0.15, -0.1) is 0 Å². The number of rotatable bonds is 9. The lowest BCUT2D eigenvalue weighted by molar-refractivity contribution is -0.696. The van der Waals surface area contributed by atoms with Crippen LogP contribution in [0.1, 0.15) is 56.7 Å². The van der Waals surface area contributed by atoms with Gasteiger partial charge in [-0.3, -0.25) is 4.79 Å². The summed E-state index contributed by atoms with van der Waals surface area (Å²) in [5.74, 6) is -1.50. The molecule has 0 fully saturated rings. The van der Waals surface area contributed by atoms with Crippen molar-refractivity contribution in [2.24, 2.45) is 0 Å². The van der Waals surface area contributed by atoms with Crippen LogP contribution >= 0.6 is 0 Å². The van der Waals surface area contributed by atoms with Crippen molar-refractivity contribution in [3.8, 4) is 0 Å². The van der Waals surface area contributed by atoms with Gasteiger partial charge in [0.05, 0.1) is 6.54 Å². The first kappa shape index (κ1) is 15.4. The first-order chi connectivity index (χ1) is 9.13. The third-order valence-corrected chi connectivity index (χ3v) is 3.05. The van der Waals surface area contributed by atoms with Gasteiger partial charge in [-0.05, 0) is 12.8 Å². The first-order valence-corrected chi connectivity index (χ1v) is 6.95. The van der Waals surface area contributed by atoms with E-state index in [-0.39, 0.29) is 0 Å². The summed E-state index contributed by atoms with van der Waals surface area (Å²) in [5, 5.41) is 8.56. The van der Waals surface area contributed by atoms with Crippen molar-refractivity contribution in [1.29, 1.82) is 0 Å². The highest BCUT2D eigenvalue weighted by atomic mass is 16.4. The molecule has 1 aromatic rings. The maximum absolute atomic E-state index is 11.5. The Morgan fingerprint density at radius 1 is 1.16 bits per heavy atom. The van der Waals surface area contributed by atoms with E-state index in [0.717, 1.165) is 13.0 Å². The molecule has 0 aliphatic carbocycles. The van der Waals surface area contributed by atoms with Crippen LogP contribution in [-0.4, -0.2) is 21.6 Å². The minimum Gasteiger partial charge on any atom is -0.481 e. The Morgan fingerprint density at radius 2 is 1.84 bits per heavy atom. The SMILES string of the molecule is CCCCCCCC[n+]1ccn(C(=O)CC(=O)O)c1. The van der Waals surface area contributed by atoms with E-state index in [1.165, 1.54) is 36.7 Å². The van der Waals surface area contributed by atoms with E-state index in [9.17, 15) is 9.59 Å². The van der Waals surface area contributed by atoms with Crippen molar-refractivity contribution in [2.75, 3.05) is 0 Å². The second kappa shape index (κ2) is 8.45. The highest BCUT2D eigenvalue weighted by Gasteiger charge is 2.16. The largest absolute Gasteiger partial charge is 0.481 e. The summed E-state index contributed by atoms with van der Waals surface area (Å²) in [4.78, 5) is 21.9. The molecule has 19 heavy (non-hydrogen) atoms. The smallest absolute Gasteiger partial charge is 0.325 e. The highest BCUT2D eigenvalue weighted by molar-refractivity contribution is 5.94. The molecule has 0 aromatic carbocycles. The number of nitrogens with zero attached hydrogens (tertiary/aromatic N) is 2. The van der Waals surface area contributed by atoms with Crippen LogP contribution in [0.15, 0.2) is 18.7 Å². The Kier molecular flexibility index (Phi) is 6.85. The molecule has 1 heterocycles. The quantitative estimate of drug-likeness (QED) is 0.424. The van der Waals surface area contributed by atoms with Crippen molar-refractivity contribution in [3.05, 3.63) is 18.7 Å². The average molecular weight is 267 g/mol. The van der Waals surface area contributed by atoms with Crippen molar-refractivity contribution in [1.82, 2.24) is 4.57 Å². The molecule has 5 heteroatoms.